The van der Waals surface area contributed by atoms with Crippen LogP contribution >= 0.6 is 23.2 Å². The van der Waals surface area contributed by atoms with Crippen molar-refractivity contribution in [2.24, 2.45) is 11.1 Å². The summed E-state index contributed by atoms with van der Waals surface area (Å²) < 4.78 is 5.57. The first-order valence-electron chi connectivity index (χ1n) is 4.58. The topological polar surface area (TPSA) is 30.8 Å². The van der Waals surface area contributed by atoms with Gasteiger partial charge < -0.3 is 9.57 Å². The molecule has 1 aromatic rings. The molecule has 1 atom stereocenters. The molecule has 1 unspecified atom stereocenters. The van der Waals surface area contributed by atoms with Crippen LogP contribution < -0.4 is 4.74 Å². The Labute approximate surface area is 96.6 Å². The lowest BCUT2D eigenvalue weighted by molar-refractivity contribution is 0.137. The molecule has 0 radical (unpaired) electrons. The Morgan fingerprint density at radius 3 is 3.00 bits per heavy atom. The Morgan fingerprint density at radius 2 is 2.13 bits per heavy atom. The largest absolute Gasteiger partial charge is 0.490 e. The molecular weight excluding hydrogens is 237 g/mol. The Balaban J connectivity index is 2.20. The zero-order valence-corrected chi connectivity index (χ0v) is 9.18. The highest BCUT2D eigenvalue weighted by Crippen LogP contribution is 2.38. The number of rotatable bonds is 0. The number of hydrogen-bond donors (Lipinski definition) is 0. The number of oxime groups is 1. The van der Waals surface area contributed by atoms with E-state index in [0.29, 0.717) is 29.0 Å². The molecule has 0 aromatic heterocycles. The Bertz CT molecular complexity index is 459. The van der Waals surface area contributed by atoms with Crippen LogP contribution in [-0.4, -0.2) is 18.9 Å². The van der Waals surface area contributed by atoms with E-state index in [-0.39, 0.29) is 5.92 Å². The number of hydrogen-bond acceptors (Lipinski definition) is 3. The normalized spacial score (nSPS) is 22.3. The van der Waals surface area contributed by atoms with Crippen LogP contribution in [-0.2, 0) is 4.84 Å². The van der Waals surface area contributed by atoms with Gasteiger partial charge in [-0.3, -0.25) is 0 Å². The van der Waals surface area contributed by atoms with Gasteiger partial charge in [0.25, 0.3) is 0 Å². The molecule has 2 aliphatic heterocycles. The molecule has 15 heavy (non-hydrogen) atoms. The first-order valence-corrected chi connectivity index (χ1v) is 5.33. The molecule has 0 amide bonds. The van der Waals surface area contributed by atoms with Gasteiger partial charge in [0, 0.05) is 10.6 Å². The standard InChI is InChI=1S/C10H7Cl2NO2/c11-6-1-7-9-5(4-15-13-9)3-14-10(7)8(12)2-6/h1-2,5H,3-4H2. The van der Waals surface area contributed by atoms with Crippen molar-refractivity contribution in [3.63, 3.8) is 0 Å². The molecule has 2 aliphatic rings. The summed E-state index contributed by atoms with van der Waals surface area (Å²) in [5, 5.41) is 5.10. The Hall–Kier alpha value is -0.930. The number of ether oxygens (including phenoxy) is 1. The molecule has 3 rings (SSSR count). The van der Waals surface area contributed by atoms with Crippen molar-refractivity contribution >= 4 is 28.9 Å². The van der Waals surface area contributed by atoms with E-state index in [1.54, 1.807) is 6.07 Å². The summed E-state index contributed by atoms with van der Waals surface area (Å²) in [5.41, 5.74) is 1.74. The van der Waals surface area contributed by atoms with Crippen LogP contribution in [0.4, 0.5) is 0 Å². The smallest absolute Gasteiger partial charge is 0.147 e. The monoisotopic (exact) mass is 243 g/mol. The average molecular weight is 244 g/mol. The molecule has 78 valence electrons. The molecule has 2 heterocycles. The summed E-state index contributed by atoms with van der Waals surface area (Å²) >= 11 is 12.0. The maximum absolute atomic E-state index is 6.03. The Kier molecular flexibility index (Phi) is 2.04. The minimum Gasteiger partial charge on any atom is -0.490 e. The molecular formula is C10H7Cl2NO2. The van der Waals surface area contributed by atoms with E-state index in [2.05, 4.69) is 5.16 Å². The fourth-order valence-corrected chi connectivity index (χ4v) is 2.38. The average Bonchev–Trinajstić information content (AvgIpc) is 2.65. The fraction of sp³-hybridized carbons (Fsp3) is 0.300. The highest BCUT2D eigenvalue weighted by molar-refractivity contribution is 6.36. The molecule has 0 N–H and O–H groups in total. The van der Waals surface area contributed by atoms with E-state index in [9.17, 15) is 0 Å². The molecule has 3 nitrogen and oxygen atoms in total. The van der Waals surface area contributed by atoms with Crippen molar-refractivity contribution in [2.45, 2.75) is 0 Å². The molecule has 0 saturated heterocycles. The third kappa shape index (κ3) is 1.38. The first-order chi connectivity index (χ1) is 7.25. The van der Waals surface area contributed by atoms with Gasteiger partial charge in [-0.1, -0.05) is 28.4 Å². The van der Waals surface area contributed by atoms with Crippen molar-refractivity contribution < 1.29 is 9.57 Å². The summed E-state index contributed by atoms with van der Waals surface area (Å²) in [6, 6.07) is 3.47. The third-order valence-corrected chi connectivity index (χ3v) is 3.04. The van der Waals surface area contributed by atoms with E-state index < -0.39 is 0 Å². The van der Waals surface area contributed by atoms with Crippen LogP contribution in [0.5, 0.6) is 5.75 Å². The second kappa shape index (κ2) is 3.29. The quantitative estimate of drug-likeness (QED) is 0.702. The fourth-order valence-electron chi connectivity index (χ4n) is 1.83. The van der Waals surface area contributed by atoms with Crippen LogP contribution in [0.25, 0.3) is 0 Å². The molecule has 1 aromatic carbocycles. The van der Waals surface area contributed by atoms with Crippen LogP contribution in [0.1, 0.15) is 5.56 Å². The zero-order chi connectivity index (χ0) is 10.4. The summed E-state index contributed by atoms with van der Waals surface area (Å²) in [4.78, 5) is 5.05. The van der Waals surface area contributed by atoms with Gasteiger partial charge >= 0.3 is 0 Å². The number of fused-ring (bicyclic) bond motifs is 3. The van der Waals surface area contributed by atoms with Crippen LogP contribution in [0.15, 0.2) is 17.3 Å². The minimum atomic E-state index is 0.201. The first kappa shape index (κ1) is 9.31. The number of nitrogens with zero attached hydrogens (tertiary/aromatic N) is 1. The van der Waals surface area contributed by atoms with Crippen LogP contribution in [0, 0.1) is 5.92 Å². The second-order valence-corrected chi connectivity index (χ2v) is 4.39. The lowest BCUT2D eigenvalue weighted by Gasteiger charge is -2.22. The van der Waals surface area contributed by atoms with Gasteiger partial charge in [0.15, 0.2) is 0 Å². The molecule has 0 bridgehead atoms. The molecule has 0 aliphatic carbocycles. The predicted molar refractivity (Wildman–Crippen MR) is 57.9 cm³/mol. The molecule has 0 fully saturated rings. The molecule has 5 heteroatoms. The van der Waals surface area contributed by atoms with Gasteiger partial charge in [0.1, 0.15) is 24.7 Å². The van der Waals surface area contributed by atoms with E-state index in [1.807, 2.05) is 6.07 Å². The van der Waals surface area contributed by atoms with E-state index in [4.69, 9.17) is 32.8 Å². The van der Waals surface area contributed by atoms with Crippen molar-refractivity contribution in [3.05, 3.63) is 27.7 Å². The van der Waals surface area contributed by atoms with Crippen molar-refractivity contribution in [1.29, 1.82) is 0 Å². The van der Waals surface area contributed by atoms with Gasteiger partial charge in [-0.15, -0.1) is 0 Å². The highest BCUT2D eigenvalue weighted by atomic mass is 35.5. The van der Waals surface area contributed by atoms with Gasteiger partial charge in [0.05, 0.1) is 10.9 Å². The van der Waals surface area contributed by atoms with Crippen LogP contribution in [0.3, 0.4) is 0 Å². The summed E-state index contributed by atoms with van der Waals surface area (Å²) in [6.07, 6.45) is 0. The van der Waals surface area contributed by atoms with Crippen molar-refractivity contribution in [1.82, 2.24) is 0 Å². The minimum absolute atomic E-state index is 0.201. The number of halogens is 2. The lowest BCUT2D eigenvalue weighted by atomic mass is 9.95. The highest BCUT2D eigenvalue weighted by Gasteiger charge is 2.33. The lowest BCUT2D eigenvalue weighted by Crippen LogP contribution is -2.27. The van der Waals surface area contributed by atoms with Crippen molar-refractivity contribution in [2.75, 3.05) is 13.2 Å². The van der Waals surface area contributed by atoms with Gasteiger partial charge in [-0.25, -0.2) is 0 Å². The van der Waals surface area contributed by atoms with Gasteiger partial charge in [-0.2, -0.15) is 0 Å². The third-order valence-electron chi connectivity index (χ3n) is 2.54. The predicted octanol–water partition coefficient (Wildman–Crippen LogP) is 2.74. The summed E-state index contributed by atoms with van der Waals surface area (Å²) in [5.74, 6) is 0.855. The van der Waals surface area contributed by atoms with E-state index in [1.165, 1.54) is 0 Å². The maximum Gasteiger partial charge on any atom is 0.147 e. The maximum atomic E-state index is 6.03. The summed E-state index contributed by atoms with van der Waals surface area (Å²) in [6.45, 7) is 1.13. The second-order valence-electron chi connectivity index (χ2n) is 3.54. The molecule has 0 saturated carbocycles. The van der Waals surface area contributed by atoms with Gasteiger partial charge in [-0.05, 0) is 12.1 Å². The Morgan fingerprint density at radius 1 is 1.27 bits per heavy atom. The van der Waals surface area contributed by atoms with Crippen LogP contribution in [0.2, 0.25) is 10.0 Å². The van der Waals surface area contributed by atoms with Crippen molar-refractivity contribution in [3.8, 4) is 5.75 Å². The SMILES string of the molecule is Clc1cc(Cl)c2c(c1)C1=NOCC1CO2. The van der Waals surface area contributed by atoms with Gasteiger partial charge in [0.2, 0.25) is 0 Å². The van der Waals surface area contributed by atoms with E-state index in [0.717, 1.165) is 11.3 Å². The molecule has 0 spiro atoms. The van der Waals surface area contributed by atoms with E-state index >= 15 is 0 Å². The number of benzene rings is 1. The zero-order valence-electron chi connectivity index (χ0n) is 7.67. The summed E-state index contributed by atoms with van der Waals surface area (Å²) in [7, 11) is 0.